The summed E-state index contributed by atoms with van der Waals surface area (Å²) < 4.78 is 0. The summed E-state index contributed by atoms with van der Waals surface area (Å²) in [6.45, 7) is 11.8. The molecule has 0 fully saturated rings. The summed E-state index contributed by atoms with van der Waals surface area (Å²) in [7, 11) is 0. The molecule has 0 bridgehead atoms. The molecule has 1 aromatic carbocycles. The SMILES string of the molecule is C=C/C(=C\C=N)c1cc(C)cc(C(/C=C\N)=C/C)c1.CC. The second-order valence-electron chi connectivity index (χ2n) is 4.18. The molecule has 0 saturated heterocycles. The summed E-state index contributed by atoms with van der Waals surface area (Å²) in [5.74, 6) is 0. The van der Waals surface area contributed by atoms with Crippen molar-refractivity contribution in [1.82, 2.24) is 0 Å². The summed E-state index contributed by atoms with van der Waals surface area (Å²) in [5, 5.41) is 7.19. The first-order valence-corrected chi connectivity index (χ1v) is 7.16. The van der Waals surface area contributed by atoms with Gasteiger partial charge in [-0.2, -0.15) is 0 Å². The first-order valence-electron chi connectivity index (χ1n) is 7.16. The third-order valence-corrected chi connectivity index (χ3v) is 2.81. The van der Waals surface area contributed by atoms with Crippen LogP contribution in [0.25, 0.3) is 11.1 Å². The smallest absolute Gasteiger partial charge is 0.0183 e. The van der Waals surface area contributed by atoms with Crippen LogP contribution in [0.5, 0.6) is 0 Å². The molecular weight excluding hydrogens is 256 g/mol. The standard InChI is InChI=1S/C17H20N2.C2H6/c1-4-14(6-8-18)16-10-13(3)11-17(12-16)15(5-2)7-9-19;1-2/h4-12,18H,1,19H2,2-3H3;1-2H3/b9-7-,14-6+,15-5+,18-8?;. The van der Waals surface area contributed by atoms with Gasteiger partial charge >= 0.3 is 0 Å². The fourth-order valence-corrected chi connectivity index (χ4v) is 1.95. The van der Waals surface area contributed by atoms with Crippen LogP contribution in [0.4, 0.5) is 0 Å². The second kappa shape index (κ2) is 10.4. The minimum atomic E-state index is 0.937. The van der Waals surface area contributed by atoms with Crippen LogP contribution in [0.15, 0.2) is 55.3 Å². The van der Waals surface area contributed by atoms with E-state index in [4.69, 9.17) is 11.1 Å². The van der Waals surface area contributed by atoms with Gasteiger partial charge in [-0.15, -0.1) is 0 Å². The molecule has 0 amide bonds. The van der Waals surface area contributed by atoms with E-state index in [1.807, 2.05) is 32.9 Å². The molecule has 0 spiro atoms. The average molecular weight is 282 g/mol. The molecule has 0 aliphatic carbocycles. The van der Waals surface area contributed by atoms with Crippen molar-refractivity contribution in [1.29, 1.82) is 5.41 Å². The maximum atomic E-state index is 7.19. The summed E-state index contributed by atoms with van der Waals surface area (Å²) in [4.78, 5) is 0. The lowest BCUT2D eigenvalue weighted by molar-refractivity contribution is 1.42. The Labute approximate surface area is 128 Å². The zero-order chi connectivity index (χ0) is 16.3. The third kappa shape index (κ3) is 5.65. The Morgan fingerprint density at radius 3 is 2.14 bits per heavy atom. The molecule has 0 unspecified atom stereocenters. The van der Waals surface area contributed by atoms with E-state index in [1.165, 1.54) is 6.21 Å². The van der Waals surface area contributed by atoms with Crippen LogP contribution in [0, 0.1) is 12.3 Å². The van der Waals surface area contributed by atoms with Crippen LogP contribution >= 0.6 is 0 Å². The highest BCUT2D eigenvalue weighted by Crippen LogP contribution is 2.24. The van der Waals surface area contributed by atoms with Crippen molar-refractivity contribution in [2.45, 2.75) is 27.7 Å². The predicted molar refractivity (Wildman–Crippen MR) is 96.5 cm³/mol. The molecule has 21 heavy (non-hydrogen) atoms. The van der Waals surface area contributed by atoms with Crippen LogP contribution in [-0.4, -0.2) is 6.21 Å². The monoisotopic (exact) mass is 282 g/mol. The van der Waals surface area contributed by atoms with Crippen molar-refractivity contribution >= 4 is 17.4 Å². The number of aryl methyl sites for hydroxylation is 1. The number of allylic oxidation sites excluding steroid dienone is 6. The van der Waals surface area contributed by atoms with Crippen LogP contribution in [-0.2, 0) is 0 Å². The maximum absolute atomic E-state index is 7.19. The van der Waals surface area contributed by atoms with Gasteiger partial charge in [0, 0.05) is 6.21 Å². The number of nitrogens with one attached hydrogen (secondary N) is 1. The molecule has 3 N–H and O–H groups in total. The van der Waals surface area contributed by atoms with Gasteiger partial charge < -0.3 is 11.1 Å². The van der Waals surface area contributed by atoms with E-state index in [1.54, 1.807) is 18.4 Å². The van der Waals surface area contributed by atoms with E-state index in [9.17, 15) is 0 Å². The van der Waals surface area contributed by atoms with Crippen molar-refractivity contribution in [2.75, 3.05) is 0 Å². The van der Waals surface area contributed by atoms with Crippen LogP contribution in [0.2, 0.25) is 0 Å². The fraction of sp³-hybridized carbons (Fsp3) is 0.211. The highest BCUT2D eigenvalue weighted by molar-refractivity contribution is 5.88. The second-order valence-corrected chi connectivity index (χ2v) is 4.18. The largest absolute Gasteiger partial charge is 0.405 e. The van der Waals surface area contributed by atoms with Crippen molar-refractivity contribution in [3.8, 4) is 0 Å². The molecule has 0 aliphatic heterocycles. The van der Waals surface area contributed by atoms with Gasteiger partial charge in [0.1, 0.15) is 0 Å². The minimum absolute atomic E-state index is 0.937. The van der Waals surface area contributed by atoms with Crippen molar-refractivity contribution in [2.24, 2.45) is 5.73 Å². The molecule has 0 aliphatic rings. The maximum Gasteiger partial charge on any atom is 0.0183 e. The van der Waals surface area contributed by atoms with Gasteiger partial charge in [-0.25, -0.2) is 0 Å². The molecule has 2 heteroatoms. The number of benzene rings is 1. The molecule has 112 valence electrons. The fourth-order valence-electron chi connectivity index (χ4n) is 1.95. The first-order chi connectivity index (χ1) is 10.2. The highest BCUT2D eigenvalue weighted by Gasteiger charge is 2.03. The van der Waals surface area contributed by atoms with Gasteiger partial charge in [-0.1, -0.05) is 44.7 Å². The zero-order valence-electron chi connectivity index (χ0n) is 13.5. The molecule has 0 heterocycles. The number of nitrogens with two attached hydrogens (primary N) is 1. The van der Waals surface area contributed by atoms with Gasteiger partial charge in [0.2, 0.25) is 0 Å². The Kier molecular flexibility index (Phi) is 9.27. The topological polar surface area (TPSA) is 49.9 Å². The molecular formula is C19H26N2. The Morgan fingerprint density at radius 2 is 1.71 bits per heavy atom. The molecule has 0 atom stereocenters. The summed E-state index contributed by atoms with van der Waals surface area (Å²) >= 11 is 0. The van der Waals surface area contributed by atoms with Crippen molar-refractivity contribution in [3.05, 3.63) is 72.0 Å². The lowest BCUT2D eigenvalue weighted by Crippen LogP contribution is -1.90. The van der Waals surface area contributed by atoms with E-state index in [0.717, 1.165) is 27.8 Å². The summed E-state index contributed by atoms with van der Waals surface area (Å²) in [6, 6.07) is 6.28. The van der Waals surface area contributed by atoms with Crippen LogP contribution in [0.3, 0.4) is 0 Å². The molecule has 0 aromatic heterocycles. The first kappa shape index (κ1) is 18.7. The summed E-state index contributed by atoms with van der Waals surface area (Å²) in [5.41, 5.74) is 10.8. The van der Waals surface area contributed by atoms with Crippen molar-refractivity contribution in [3.63, 3.8) is 0 Å². The molecule has 1 rings (SSSR count). The Hall–Kier alpha value is -2.35. The molecule has 0 saturated carbocycles. The predicted octanol–water partition coefficient (Wildman–Crippen LogP) is 5.12. The van der Waals surface area contributed by atoms with E-state index < -0.39 is 0 Å². The van der Waals surface area contributed by atoms with Gasteiger partial charge in [-0.05, 0) is 66.1 Å². The van der Waals surface area contributed by atoms with Gasteiger partial charge in [0.15, 0.2) is 0 Å². The van der Waals surface area contributed by atoms with E-state index >= 15 is 0 Å². The minimum Gasteiger partial charge on any atom is -0.405 e. The van der Waals surface area contributed by atoms with E-state index in [-0.39, 0.29) is 0 Å². The van der Waals surface area contributed by atoms with Crippen molar-refractivity contribution < 1.29 is 0 Å². The molecule has 1 aromatic rings. The number of hydrogen-bond acceptors (Lipinski definition) is 2. The molecule has 2 nitrogen and oxygen atoms in total. The van der Waals surface area contributed by atoms with Gasteiger partial charge in [0.05, 0.1) is 0 Å². The van der Waals surface area contributed by atoms with Gasteiger partial charge in [-0.3, -0.25) is 0 Å². The third-order valence-electron chi connectivity index (χ3n) is 2.81. The van der Waals surface area contributed by atoms with E-state index in [0.29, 0.717) is 0 Å². The van der Waals surface area contributed by atoms with E-state index in [2.05, 4.69) is 31.7 Å². The van der Waals surface area contributed by atoms with Gasteiger partial charge in [0.25, 0.3) is 0 Å². The van der Waals surface area contributed by atoms with Crippen LogP contribution in [0.1, 0.15) is 37.5 Å². The lowest BCUT2D eigenvalue weighted by Gasteiger charge is -2.09. The number of hydrogen-bond donors (Lipinski definition) is 2. The lowest BCUT2D eigenvalue weighted by atomic mass is 9.96. The normalized spacial score (nSPS) is 11.8. The average Bonchev–Trinajstić information content (AvgIpc) is 2.51. The number of rotatable bonds is 5. The Morgan fingerprint density at radius 1 is 1.14 bits per heavy atom. The highest BCUT2D eigenvalue weighted by atomic mass is 14.5. The quantitative estimate of drug-likeness (QED) is 0.572. The Bertz CT molecular complexity index is 561. The molecule has 0 radical (unpaired) electrons. The summed E-state index contributed by atoms with van der Waals surface area (Å²) in [6.07, 6.45) is 10.2. The zero-order valence-corrected chi connectivity index (χ0v) is 13.5. The Balaban J connectivity index is 0.00000191. The van der Waals surface area contributed by atoms with Crippen LogP contribution < -0.4 is 5.73 Å².